The number of anilines is 2. The molecule has 0 radical (unpaired) electrons. The molecule has 0 bridgehead atoms. The minimum atomic E-state index is -3.84. The fraction of sp³-hybridized carbons (Fsp3) is 0.364. The molecule has 1 fully saturated rings. The third kappa shape index (κ3) is 6.01. The lowest BCUT2D eigenvalue weighted by atomic mass is 9.92. The lowest BCUT2D eigenvalue weighted by Crippen LogP contribution is -2.46. The molecule has 4 rings (SSSR count). The van der Waals surface area contributed by atoms with Gasteiger partial charge in [-0.05, 0) is 48.7 Å². The Labute approximate surface area is 206 Å². The van der Waals surface area contributed by atoms with Crippen LogP contribution in [0, 0.1) is 5.92 Å². The summed E-state index contributed by atoms with van der Waals surface area (Å²) in [5, 5.41) is 3.90. The van der Waals surface area contributed by atoms with E-state index in [1.54, 1.807) is 18.2 Å². The molecule has 34 heavy (non-hydrogen) atoms. The Kier molecular flexibility index (Phi) is 7.66. The summed E-state index contributed by atoms with van der Waals surface area (Å²) < 4.78 is 57.4. The second-order valence-corrected chi connectivity index (χ2v) is 11.2. The minimum absolute atomic E-state index is 0.0236. The SMILES string of the molecule is CC1CCN(Cc2cccc(C(F)F)c2)CC1Nc1ccc(S(=O)(=O)Nc2ncns2)cc1Cl. The summed E-state index contributed by atoms with van der Waals surface area (Å²) >= 11 is 7.37. The summed E-state index contributed by atoms with van der Waals surface area (Å²) in [6, 6.07) is 11.1. The molecule has 2 unspecified atom stereocenters. The molecule has 2 atom stereocenters. The highest BCUT2D eigenvalue weighted by molar-refractivity contribution is 7.93. The fourth-order valence-corrected chi connectivity index (χ4v) is 5.91. The maximum absolute atomic E-state index is 13.0. The van der Waals surface area contributed by atoms with Gasteiger partial charge in [0.25, 0.3) is 16.4 Å². The maximum atomic E-state index is 13.0. The van der Waals surface area contributed by atoms with E-state index in [2.05, 4.69) is 31.2 Å². The van der Waals surface area contributed by atoms with Crippen LogP contribution in [0.4, 0.5) is 19.6 Å². The first-order chi connectivity index (χ1) is 16.2. The summed E-state index contributed by atoms with van der Waals surface area (Å²) in [5.41, 5.74) is 1.51. The highest BCUT2D eigenvalue weighted by atomic mass is 35.5. The number of sulfonamides is 1. The van der Waals surface area contributed by atoms with Gasteiger partial charge < -0.3 is 5.32 Å². The molecule has 1 saturated heterocycles. The normalized spacial score (nSPS) is 19.3. The van der Waals surface area contributed by atoms with Crippen molar-refractivity contribution in [3.8, 4) is 0 Å². The third-order valence-corrected chi connectivity index (χ3v) is 8.19. The van der Waals surface area contributed by atoms with Crippen molar-refractivity contribution in [2.45, 2.75) is 37.3 Å². The van der Waals surface area contributed by atoms with Gasteiger partial charge in [0, 0.05) is 36.2 Å². The summed E-state index contributed by atoms with van der Waals surface area (Å²) in [7, 11) is -3.84. The first kappa shape index (κ1) is 24.8. The first-order valence-corrected chi connectivity index (χ1v) is 13.3. The Hall–Kier alpha value is -2.34. The van der Waals surface area contributed by atoms with E-state index < -0.39 is 16.4 Å². The summed E-state index contributed by atoms with van der Waals surface area (Å²) in [5.74, 6) is 0.349. The van der Waals surface area contributed by atoms with E-state index in [-0.39, 0.29) is 26.7 Å². The van der Waals surface area contributed by atoms with Crippen LogP contribution in [0.3, 0.4) is 0 Å². The highest BCUT2D eigenvalue weighted by Gasteiger charge is 2.27. The van der Waals surface area contributed by atoms with Crippen molar-refractivity contribution in [1.29, 1.82) is 0 Å². The maximum Gasteiger partial charge on any atom is 0.263 e. The first-order valence-electron chi connectivity index (χ1n) is 10.7. The Morgan fingerprint density at radius 1 is 1.26 bits per heavy atom. The number of nitrogens with one attached hydrogen (secondary N) is 2. The lowest BCUT2D eigenvalue weighted by Gasteiger charge is -2.38. The van der Waals surface area contributed by atoms with Crippen molar-refractivity contribution in [2.24, 2.45) is 5.92 Å². The van der Waals surface area contributed by atoms with Crippen molar-refractivity contribution in [3.05, 3.63) is 64.9 Å². The van der Waals surface area contributed by atoms with E-state index in [0.717, 1.165) is 30.1 Å². The number of rotatable bonds is 8. The van der Waals surface area contributed by atoms with Gasteiger partial charge in [-0.1, -0.05) is 36.7 Å². The quantitative estimate of drug-likeness (QED) is 0.416. The predicted octanol–water partition coefficient (Wildman–Crippen LogP) is 5.25. The van der Waals surface area contributed by atoms with E-state index in [4.69, 9.17) is 11.6 Å². The zero-order valence-electron chi connectivity index (χ0n) is 18.3. The number of alkyl halides is 2. The van der Waals surface area contributed by atoms with E-state index >= 15 is 0 Å². The second kappa shape index (κ2) is 10.5. The zero-order valence-corrected chi connectivity index (χ0v) is 20.7. The molecule has 1 aliphatic rings. The van der Waals surface area contributed by atoms with E-state index in [1.165, 1.54) is 24.5 Å². The van der Waals surface area contributed by atoms with Crippen molar-refractivity contribution in [1.82, 2.24) is 14.3 Å². The molecule has 0 spiro atoms. The summed E-state index contributed by atoms with van der Waals surface area (Å²) in [6.07, 6.45) is -0.285. The van der Waals surface area contributed by atoms with Crippen LogP contribution in [0.25, 0.3) is 0 Å². The topological polar surface area (TPSA) is 87.2 Å². The predicted molar refractivity (Wildman–Crippen MR) is 130 cm³/mol. The molecule has 1 aliphatic heterocycles. The third-order valence-electron chi connectivity index (χ3n) is 5.83. The van der Waals surface area contributed by atoms with E-state index in [0.29, 0.717) is 24.7 Å². The van der Waals surface area contributed by atoms with Crippen molar-refractivity contribution >= 4 is 44.0 Å². The molecule has 182 valence electrons. The standard InChI is InChI=1S/C22H24ClF2N5O2S2/c1-14-7-8-30(11-15-3-2-4-16(9-15)21(24)25)12-20(14)28-19-6-5-17(10-18(19)23)34(31,32)29-22-26-13-27-33-22/h2-6,9-10,13-14,20-21,28H,7-8,11-12H2,1H3,(H,26,27,29). The molecule has 0 aliphatic carbocycles. The number of aromatic nitrogens is 2. The van der Waals surface area contributed by atoms with Gasteiger partial charge in [-0.25, -0.2) is 22.2 Å². The number of piperidine rings is 1. The van der Waals surface area contributed by atoms with Crippen LogP contribution in [0.1, 0.15) is 30.9 Å². The van der Waals surface area contributed by atoms with Crippen LogP contribution in [0.2, 0.25) is 5.02 Å². The van der Waals surface area contributed by atoms with Gasteiger partial charge in [-0.2, -0.15) is 4.37 Å². The molecule has 7 nitrogen and oxygen atoms in total. The number of hydrogen-bond donors (Lipinski definition) is 2. The Balaban J connectivity index is 1.43. The number of halogens is 3. The Bertz CT molecular complexity index is 1230. The van der Waals surface area contributed by atoms with Crippen molar-refractivity contribution in [2.75, 3.05) is 23.1 Å². The number of likely N-dealkylation sites (tertiary alicyclic amines) is 1. The molecule has 12 heteroatoms. The average Bonchev–Trinajstić information content (AvgIpc) is 3.29. The monoisotopic (exact) mass is 527 g/mol. The molecule has 2 heterocycles. The molecular weight excluding hydrogens is 504 g/mol. The minimum Gasteiger partial charge on any atom is -0.380 e. The van der Waals surface area contributed by atoms with Gasteiger partial charge in [-0.15, -0.1) is 0 Å². The summed E-state index contributed by atoms with van der Waals surface area (Å²) in [6.45, 7) is 4.29. The van der Waals surface area contributed by atoms with Crippen molar-refractivity contribution in [3.63, 3.8) is 0 Å². The number of hydrogen-bond acceptors (Lipinski definition) is 7. The Morgan fingerprint density at radius 3 is 2.79 bits per heavy atom. The van der Waals surface area contributed by atoms with Gasteiger partial charge in [0.05, 0.1) is 15.6 Å². The van der Waals surface area contributed by atoms with Crippen LogP contribution < -0.4 is 10.0 Å². The van der Waals surface area contributed by atoms with Crippen LogP contribution in [-0.4, -0.2) is 41.8 Å². The molecule has 2 N–H and O–H groups in total. The smallest absolute Gasteiger partial charge is 0.263 e. The fourth-order valence-electron chi connectivity index (χ4n) is 3.93. The molecule has 0 amide bonds. The Morgan fingerprint density at radius 2 is 2.09 bits per heavy atom. The highest BCUT2D eigenvalue weighted by Crippen LogP contribution is 2.30. The van der Waals surface area contributed by atoms with E-state index in [9.17, 15) is 17.2 Å². The van der Waals surface area contributed by atoms with Crippen LogP contribution in [0.15, 0.2) is 53.7 Å². The van der Waals surface area contributed by atoms with Gasteiger partial charge >= 0.3 is 0 Å². The van der Waals surface area contributed by atoms with Crippen molar-refractivity contribution < 1.29 is 17.2 Å². The van der Waals surface area contributed by atoms with Gasteiger partial charge in [-0.3, -0.25) is 9.62 Å². The molecule has 1 aromatic heterocycles. The van der Waals surface area contributed by atoms with E-state index in [1.807, 2.05) is 6.07 Å². The molecule has 0 saturated carbocycles. The molecule has 3 aromatic rings. The average molecular weight is 528 g/mol. The number of nitrogens with zero attached hydrogens (tertiary/aromatic N) is 3. The van der Waals surface area contributed by atoms with Crippen LogP contribution >= 0.6 is 23.1 Å². The van der Waals surface area contributed by atoms with Gasteiger partial charge in [0.15, 0.2) is 0 Å². The molecule has 2 aromatic carbocycles. The zero-order chi connectivity index (χ0) is 24.3. The molecular formula is C22H24ClF2N5O2S2. The largest absolute Gasteiger partial charge is 0.380 e. The van der Waals surface area contributed by atoms with Crippen LogP contribution in [0.5, 0.6) is 0 Å². The van der Waals surface area contributed by atoms with Gasteiger partial charge in [0.1, 0.15) is 6.33 Å². The number of benzene rings is 2. The second-order valence-electron chi connectivity index (χ2n) is 8.29. The van der Waals surface area contributed by atoms with Gasteiger partial charge in [0.2, 0.25) is 5.13 Å². The van der Waals surface area contributed by atoms with Crippen LogP contribution in [-0.2, 0) is 16.6 Å². The summed E-state index contributed by atoms with van der Waals surface area (Å²) in [4.78, 5) is 6.08. The lowest BCUT2D eigenvalue weighted by molar-refractivity contribution is 0.150.